The van der Waals surface area contributed by atoms with Crippen molar-refractivity contribution in [2.24, 2.45) is 0 Å². The zero-order valence-corrected chi connectivity index (χ0v) is 24.7. The molecular weight excluding hydrogens is 589 g/mol. The summed E-state index contributed by atoms with van der Waals surface area (Å²) in [5, 5.41) is 12.3. The van der Waals surface area contributed by atoms with Gasteiger partial charge in [0.2, 0.25) is 5.95 Å². The van der Waals surface area contributed by atoms with E-state index in [0.717, 1.165) is 38.1 Å². The van der Waals surface area contributed by atoms with Crippen molar-refractivity contribution in [3.8, 4) is 17.1 Å². The van der Waals surface area contributed by atoms with Crippen molar-refractivity contribution in [3.63, 3.8) is 0 Å². The summed E-state index contributed by atoms with van der Waals surface area (Å²) in [5.41, 5.74) is 3.14. The molecular formula is C30H32FN7O5S. The van der Waals surface area contributed by atoms with Crippen molar-refractivity contribution in [2.75, 3.05) is 56.7 Å². The number of β-amino-alcohol motifs (C(OH)–C–C–N with tert-alkyl or cyclic N) is 1. The number of aliphatic hydroxyl groups excluding tert-OH is 1. The number of benzene rings is 2. The van der Waals surface area contributed by atoms with Crippen molar-refractivity contribution in [1.29, 1.82) is 0 Å². The molecule has 0 unspecified atom stereocenters. The molecule has 0 saturated carbocycles. The van der Waals surface area contributed by atoms with Gasteiger partial charge in [-0.15, -0.1) is 0 Å². The molecule has 2 aromatic carbocycles. The van der Waals surface area contributed by atoms with E-state index in [0.29, 0.717) is 29.3 Å². The summed E-state index contributed by atoms with van der Waals surface area (Å²) in [7, 11) is -2.39. The SMILES string of the molecule is COc1cc(N2CCN(CCO)CC2)ccc1Nc1ncc(F)c(-c2cnc3ccccn23)n1.O=S(=O)(O)c1ccccc1. The monoisotopic (exact) mass is 621 g/mol. The quantitative estimate of drug-likeness (QED) is 0.218. The van der Waals surface area contributed by atoms with Crippen molar-refractivity contribution < 1.29 is 27.2 Å². The molecule has 1 aliphatic heterocycles. The van der Waals surface area contributed by atoms with Crippen molar-refractivity contribution >= 4 is 33.1 Å². The minimum atomic E-state index is -4.00. The molecule has 6 rings (SSSR count). The van der Waals surface area contributed by atoms with Gasteiger partial charge in [0.15, 0.2) is 5.82 Å². The largest absolute Gasteiger partial charge is 0.494 e. The summed E-state index contributed by atoms with van der Waals surface area (Å²) in [6.45, 7) is 4.43. The Morgan fingerprint density at radius 2 is 1.73 bits per heavy atom. The van der Waals surface area contributed by atoms with E-state index < -0.39 is 15.9 Å². The highest BCUT2D eigenvalue weighted by Gasteiger charge is 2.19. The molecule has 5 aromatic rings. The number of fused-ring (bicyclic) bond motifs is 1. The smallest absolute Gasteiger partial charge is 0.294 e. The maximum Gasteiger partial charge on any atom is 0.294 e. The Labute approximate surface area is 254 Å². The molecule has 230 valence electrons. The standard InChI is InChI=1S/C24H26FN7O2.C6H6O3S/c1-34-21-14-17(31-10-8-30(9-11-31)12-13-33)5-6-19(21)28-24-27-15-18(25)23(29-24)20-16-26-22-4-2-3-7-32(20)22;7-10(8,9)6-4-2-1-3-5-6/h2-7,14-16,33H,8-13H2,1H3,(H,27,28,29);1-5H,(H,7,8,9). The number of rotatable bonds is 8. The molecule has 0 spiro atoms. The first-order valence-electron chi connectivity index (χ1n) is 13.8. The van der Waals surface area contributed by atoms with Crippen LogP contribution in [0.4, 0.5) is 21.7 Å². The minimum absolute atomic E-state index is 0.0741. The van der Waals surface area contributed by atoms with Gasteiger partial charge in [0.05, 0.1) is 42.4 Å². The van der Waals surface area contributed by atoms with Gasteiger partial charge in [-0.3, -0.25) is 13.9 Å². The van der Waals surface area contributed by atoms with E-state index in [4.69, 9.17) is 14.4 Å². The molecule has 12 nitrogen and oxygen atoms in total. The summed E-state index contributed by atoms with van der Waals surface area (Å²) in [6.07, 6.45) is 4.57. The lowest BCUT2D eigenvalue weighted by molar-refractivity contribution is 0.189. The second-order valence-electron chi connectivity index (χ2n) is 9.81. The summed E-state index contributed by atoms with van der Waals surface area (Å²) in [6, 6.07) is 18.9. The Bertz CT molecular complexity index is 1810. The lowest BCUT2D eigenvalue weighted by Gasteiger charge is -2.36. The number of nitrogens with one attached hydrogen (secondary N) is 1. The van der Waals surface area contributed by atoms with Gasteiger partial charge in [-0.1, -0.05) is 24.3 Å². The molecule has 44 heavy (non-hydrogen) atoms. The molecule has 1 aliphatic rings. The minimum Gasteiger partial charge on any atom is -0.494 e. The number of imidazole rings is 1. The molecule has 0 amide bonds. The highest BCUT2D eigenvalue weighted by atomic mass is 32.2. The fraction of sp³-hybridized carbons (Fsp3) is 0.233. The number of halogens is 1. The maximum absolute atomic E-state index is 14.6. The number of anilines is 3. The number of hydrogen-bond donors (Lipinski definition) is 3. The topological polar surface area (TPSA) is 145 Å². The average molecular weight is 622 g/mol. The van der Waals surface area contributed by atoms with E-state index in [1.54, 1.807) is 35.9 Å². The Morgan fingerprint density at radius 3 is 2.41 bits per heavy atom. The number of ether oxygens (including phenoxy) is 1. The summed E-state index contributed by atoms with van der Waals surface area (Å²) >= 11 is 0. The zero-order valence-electron chi connectivity index (χ0n) is 23.9. The number of piperazine rings is 1. The van der Waals surface area contributed by atoms with Crippen molar-refractivity contribution in [1.82, 2.24) is 24.3 Å². The van der Waals surface area contributed by atoms with E-state index in [1.807, 2.05) is 42.6 Å². The molecule has 0 aliphatic carbocycles. The fourth-order valence-electron chi connectivity index (χ4n) is 4.78. The molecule has 4 heterocycles. The lowest BCUT2D eigenvalue weighted by atomic mass is 10.2. The summed E-state index contributed by atoms with van der Waals surface area (Å²) in [5.74, 6) is 0.365. The third-order valence-electron chi connectivity index (χ3n) is 7.03. The highest BCUT2D eigenvalue weighted by Crippen LogP contribution is 2.32. The molecule has 0 bridgehead atoms. The van der Waals surface area contributed by atoms with Crippen LogP contribution in [0.1, 0.15) is 0 Å². The van der Waals surface area contributed by atoms with Crippen molar-refractivity contribution in [3.05, 3.63) is 91.1 Å². The Morgan fingerprint density at radius 1 is 0.977 bits per heavy atom. The predicted octanol–water partition coefficient (Wildman–Crippen LogP) is 3.73. The summed E-state index contributed by atoms with van der Waals surface area (Å²) in [4.78, 5) is 17.3. The van der Waals surface area contributed by atoms with Gasteiger partial charge < -0.3 is 20.1 Å². The van der Waals surface area contributed by atoms with Gasteiger partial charge in [0.25, 0.3) is 10.1 Å². The average Bonchev–Trinajstić information content (AvgIpc) is 3.47. The zero-order chi connectivity index (χ0) is 31.1. The number of nitrogens with zero attached hydrogens (tertiary/aromatic N) is 6. The van der Waals surface area contributed by atoms with Crippen molar-refractivity contribution in [2.45, 2.75) is 4.90 Å². The number of hydrogen-bond acceptors (Lipinski definition) is 10. The first kappa shape index (κ1) is 30.8. The predicted molar refractivity (Wildman–Crippen MR) is 164 cm³/mol. The number of methoxy groups -OCH3 is 1. The van der Waals surface area contributed by atoms with Crippen LogP contribution in [-0.2, 0) is 10.1 Å². The van der Waals surface area contributed by atoms with E-state index in [-0.39, 0.29) is 23.1 Å². The maximum atomic E-state index is 14.6. The normalized spacial score (nSPS) is 13.8. The van der Waals surface area contributed by atoms with E-state index >= 15 is 0 Å². The molecule has 1 fully saturated rings. The van der Waals surface area contributed by atoms with Crippen LogP contribution in [-0.4, -0.2) is 88.8 Å². The molecule has 1 saturated heterocycles. The molecule has 3 aromatic heterocycles. The van der Waals surface area contributed by atoms with Gasteiger partial charge in [0.1, 0.15) is 17.1 Å². The van der Waals surface area contributed by atoms with Crippen LogP contribution in [0.25, 0.3) is 17.0 Å². The van der Waals surface area contributed by atoms with Gasteiger partial charge in [-0.25, -0.2) is 19.3 Å². The number of pyridine rings is 1. The lowest BCUT2D eigenvalue weighted by Crippen LogP contribution is -2.47. The second kappa shape index (κ2) is 13.8. The molecule has 0 atom stereocenters. The van der Waals surface area contributed by atoms with Gasteiger partial charge in [-0.05, 0) is 36.4 Å². The van der Waals surface area contributed by atoms with Crippen LogP contribution in [0.3, 0.4) is 0 Å². The van der Waals surface area contributed by atoms with Gasteiger partial charge in [-0.2, -0.15) is 8.42 Å². The third kappa shape index (κ3) is 7.29. The third-order valence-corrected chi connectivity index (χ3v) is 7.90. The van der Waals surface area contributed by atoms with Crippen LogP contribution in [0.15, 0.2) is 90.2 Å². The Kier molecular flexibility index (Phi) is 9.65. The molecule has 3 N–H and O–H groups in total. The van der Waals surface area contributed by atoms with Crippen LogP contribution in [0.2, 0.25) is 0 Å². The van der Waals surface area contributed by atoms with E-state index in [9.17, 15) is 12.8 Å². The highest BCUT2D eigenvalue weighted by molar-refractivity contribution is 7.85. The first-order valence-corrected chi connectivity index (χ1v) is 15.2. The van der Waals surface area contributed by atoms with E-state index in [1.165, 1.54) is 12.1 Å². The molecule has 14 heteroatoms. The van der Waals surface area contributed by atoms with Crippen LogP contribution in [0, 0.1) is 5.82 Å². The van der Waals surface area contributed by atoms with Gasteiger partial charge >= 0.3 is 0 Å². The molecule has 0 radical (unpaired) electrons. The van der Waals surface area contributed by atoms with Gasteiger partial charge in [0, 0.05) is 50.7 Å². The Hall–Kier alpha value is -4.63. The second-order valence-corrected chi connectivity index (χ2v) is 11.2. The van der Waals surface area contributed by atoms with Crippen LogP contribution in [0.5, 0.6) is 5.75 Å². The van der Waals surface area contributed by atoms with Crippen LogP contribution < -0.4 is 15.0 Å². The van der Waals surface area contributed by atoms with Crippen LogP contribution >= 0.6 is 0 Å². The Balaban J connectivity index is 0.000000328. The summed E-state index contributed by atoms with van der Waals surface area (Å²) < 4.78 is 51.3. The first-order chi connectivity index (χ1) is 21.3. The number of aliphatic hydroxyl groups is 1. The number of aromatic nitrogens is 4. The van der Waals surface area contributed by atoms with E-state index in [2.05, 4.69) is 30.1 Å². The fourth-order valence-corrected chi connectivity index (χ4v) is 5.28.